The lowest BCUT2D eigenvalue weighted by Gasteiger charge is -2.15. The van der Waals surface area contributed by atoms with Gasteiger partial charge < -0.3 is 14.2 Å². The predicted octanol–water partition coefficient (Wildman–Crippen LogP) is 4.90. The van der Waals surface area contributed by atoms with Gasteiger partial charge in [-0.2, -0.15) is 0 Å². The minimum atomic E-state index is -0.626. The van der Waals surface area contributed by atoms with E-state index in [2.05, 4.69) is 5.92 Å². The second kappa shape index (κ2) is 9.33. The fourth-order valence-electron chi connectivity index (χ4n) is 2.07. The topological polar surface area (TPSA) is 44.8 Å². The summed E-state index contributed by atoms with van der Waals surface area (Å²) in [6.07, 6.45) is 5.07. The van der Waals surface area contributed by atoms with E-state index < -0.39 is 11.8 Å². The molecule has 7 heteroatoms. The number of hydrogen-bond donors (Lipinski definition) is 0. The number of rotatable bonds is 7. The van der Waals surface area contributed by atoms with Crippen LogP contribution in [0.15, 0.2) is 30.3 Å². The fourth-order valence-corrected chi connectivity index (χ4v) is 2.56. The first kappa shape index (κ1) is 19.9. The number of halogens is 3. The zero-order chi connectivity index (χ0) is 19.1. The van der Waals surface area contributed by atoms with Crippen LogP contribution < -0.4 is 9.47 Å². The summed E-state index contributed by atoms with van der Waals surface area (Å²) in [5, 5.41) is 0.385. The highest BCUT2D eigenvalue weighted by Crippen LogP contribution is 2.37. The van der Waals surface area contributed by atoms with Crippen molar-refractivity contribution in [3.05, 3.63) is 57.3 Å². The Hall–Kier alpha value is -2.42. The summed E-state index contributed by atoms with van der Waals surface area (Å²) in [6, 6.07) is 6.83. The van der Waals surface area contributed by atoms with E-state index in [9.17, 15) is 9.18 Å². The van der Waals surface area contributed by atoms with E-state index in [-0.39, 0.29) is 40.3 Å². The van der Waals surface area contributed by atoms with Gasteiger partial charge in [0.25, 0.3) is 0 Å². The molecule has 0 saturated heterocycles. The SMILES string of the molecule is C#CCOC(=O)c1cc(Cl)c(OCc2ccc(F)cc2Cl)c(OCC)c1. The molecule has 2 rings (SSSR count). The van der Waals surface area contributed by atoms with E-state index in [4.69, 9.17) is 43.8 Å². The lowest BCUT2D eigenvalue weighted by molar-refractivity contribution is 0.0556. The molecule has 0 bridgehead atoms. The maximum atomic E-state index is 13.1. The van der Waals surface area contributed by atoms with E-state index in [1.54, 1.807) is 6.92 Å². The molecule has 26 heavy (non-hydrogen) atoms. The quantitative estimate of drug-likeness (QED) is 0.493. The van der Waals surface area contributed by atoms with Crippen molar-refractivity contribution in [2.24, 2.45) is 0 Å². The third-order valence-corrected chi connectivity index (χ3v) is 3.85. The average Bonchev–Trinajstić information content (AvgIpc) is 2.60. The monoisotopic (exact) mass is 396 g/mol. The summed E-state index contributed by atoms with van der Waals surface area (Å²) in [5.74, 6) is 1.65. The zero-order valence-electron chi connectivity index (χ0n) is 13.9. The molecule has 0 aliphatic carbocycles. The van der Waals surface area contributed by atoms with Gasteiger partial charge in [0, 0.05) is 5.56 Å². The molecular weight excluding hydrogens is 382 g/mol. The highest BCUT2D eigenvalue weighted by atomic mass is 35.5. The molecule has 0 aliphatic rings. The predicted molar refractivity (Wildman–Crippen MR) is 97.5 cm³/mol. The van der Waals surface area contributed by atoms with Crippen molar-refractivity contribution >= 4 is 29.2 Å². The molecule has 0 N–H and O–H groups in total. The second-order valence-corrected chi connectivity index (χ2v) is 5.84. The molecule has 0 saturated carbocycles. The Morgan fingerprint density at radius 2 is 1.96 bits per heavy atom. The van der Waals surface area contributed by atoms with Crippen LogP contribution in [0.1, 0.15) is 22.8 Å². The van der Waals surface area contributed by atoms with Gasteiger partial charge >= 0.3 is 5.97 Å². The van der Waals surface area contributed by atoms with Gasteiger partial charge in [0.1, 0.15) is 12.4 Å². The van der Waals surface area contributed by atoms with Crippen LogP contribution in [0.2, 0.25) is 10.0 Å². The Labute approximate surface area is 160 Å². The van der Waals surface area contributed by atoms with Crippen LogP contribution in [0.3, 0.4) is 0 Å². The van der Waals surface area contributed by atoms with Crippen molar-refractivity contribution in [1.82, 2.24) is 0 Å². The lowest BCUT2D eigenvalue weighted by Crippen LogP contribution is -2.07. The summed E-state index contributed by atoms with van der Waals surface area (Å²) in [6.45, 7) is 1.99. The molecule has 0 aromatic heterocycles. The summed E-state index contributed by atoms with van der Waals surface area (Å²) in [7, 11) is 0. The summed E-state index contributed by atoms with van der Waals surface area (Å²) < 4.78 is 29.2. The number of terminal acetylenes is 1. The van der Waals surface area contributed by atoms with Crippen molar-refractivity contribution < 1.29 is 23.4 Å². The smallest absolute Gasteiger partial charge is 0.339 e. The Bertz CT molecular complexity index is 846. The van der Waals surface area contributed by atoms with E-state index in [0.29, 0.717) is 12.2 Å². The molecule has 0 heterocycles. The van der Waals surface area contributed by atoms with Crippen LogP contribution in [0.4, 0.5) is 4.39 Å². The first-order valence-corrected chi connectivity index (χ1v) is 8.35. The van der Waals surface area contributed by atoms with Crippen molar-refractivity contribution in [3.8, 4) is 23.8 Å². The van der Waals surface area contributed by atoms with Crippen molar-refractivity contribution in [3.63, 3.8) is 0 Å². The molecule has 4 nitrogen and oxygen atoms in total. The number of hydrogen-bond acceptors (Lipinski definition) is 4. The van der Waals surface area contributed by atoms with E-state index in [0.717, 1.165) is 0 Å². The van der Waals surface area contributed by atoms with Crippen molar-refractivity contribution in [2.75, 3.05) is 13.2 Å². The van der Waals surface area contributed by atoms with Crippen molar-refractivity contribution in [2.45, 2.75) is 13.5 Å². The minimum Gasteiger partial charge on any atom is -0.490 e. The fraction of sp³-hybridized carbons (Fsp3) is 0.211. The molecule has 0 amide bonds. The molecule has 0 radical (unpaired) electrons. The highest BCUT2D eigenvalue weighted by Gasteiger charge is 2.18. The normalized spacial score (nSPS) is 10.1. The van der Waals surface area contributed by atoms with Crippen LogP contribution in [-0.4, -0.2) is 19.2 Å². The third kappa shape index (κ3) is 5.04. The van der Waals surface area contributed by atoms with Gasteiger partial charge in [-0.1, -0.05) is 35.2 Å². The molecule has 0 atom stereocenters. The number of carbonyl (C=O) groups is 1. The Morgan fingerprint density at radius 3 is 2.62 bits per heavy atom. The molecule has 0 aliphatic heterocycles. The van der Waals surface area contributed by atoms with Crippen LogP contribution in [0.25, 0.3) is 0 Å². The number of benzene rings is 2. The number of ether oxygens (including phenoxy) is 3. The number of carbonyl (C=O) groups excluding carboxylic acids is 1. The molecule has 0 spiro atoms. The molecule has 136 valence electrons. The van der Waals surface area contributed by atoms with Gasteiger partial charge in [-0.3, -0.25) is 0 Å². The van der Waals surface area contributed by atoms with Crippen molar-refractivity contribution in [1.29, 1.82) is 0 Å². The maximum Gasteiger partial charge on any atom is 0.339 e. The maximum absolute atomic E-state index is 13.1. The molecule has 0 unspecified atom stereocenters. The van der Waals surface area contributed by atoms with Gasteiger partial charge in [0.2, 0.25) is 0 Å². The van der Waals surface area contributed by atoms with Gasteiger partial charge in [-0.25, -0.2) is 9.18 Å². The third-order valence-electron chi connectivity index (χ3n) is 3.22. The molecular formula is C19H15Cl2FO4. The summed E-state index contributed by atoms with van der Waals surface area (Å²) in [4.78, 5) is 12.0. The van der Waals surface area contributed by atoms with Crippen LogP contribution >= 0.6 is 23.2 Å². The summed E-state index contributed by atoms with van der Waals surface area (Å²) in [5.41, 5.74) is 0.755. The molecule has 0 fully saturated rings. The molecule has 2 aromatic rings. The molecule has 2 aromatic carbocycles. The van der Waals surface area contributed by atoms with E-state index in [1.165, 1.54) is 30.3 Å². The largest absolute Gasteiger partial charge is 0.490 e. The van der Waals surface area contributed by atoms with Crippen LogP contribution in [0, 0.1) is 18.2 Å². The van der Waals surface area contributed by atoms with E-state index >= 15 is 0 Å². The first-order valence-electron chi connectivity index (χ1n) is 7.60. The van der Waals surface area contributed by atoms with Crippen LogP contribution in [-0.2, 0) is 11.3 Å². The first-order chi connectivity index (χ1) is 12.5. The van der Waals surface area contributed by atoms with E-state index in [1.807, 2.05) is 0 Å². The van der Waals surface area contributed by atoms with Gasteiger partial charge in [-0.05, 0) is 31.2 Å². The zero-order valence-corrected chi connectivity index (χ0v) is 15.4. The second-order valence-electron chi connectivity index (χ2n) is 5.02. The van der Waals surface area contributed by atoms with Gasteiger partial charge in [0.15, 0.2) is 18.1 Å². The van der Waals surface area contributed by atoms with Gasteiger partial charge in [-0.15, -0.1) is 6.42 Å². The van der Waals surface area contributed by atoms with Gasteiger partial charge in [0.05, 0.1) is 22.2 Å². The average molecular weight is 397 g/mol. The highest BCUT2D eigenvalue weighted by molar-refractivity contribution is 6.32. The van der Waals surface area contributed by atoms with Crippen LogP contribution in [0.5, 0.6) is 11.5 Å². The Balaban J connectivity index is 2.26. The standard InChI is InChI=1S/C19H15Cl2FO4/c1-3-7-25-19(23)13-8-16(21)18(17(9-13)24-4-2)26-11-12-5-6-14(22)10-15(12)20/h1,5-6,8-10H,4,7,11H2,2H3. The Kier molecular flexibility index (Phi) is 7.14. The minimum absolute atomic E-state index is 0.0415. The summed E-state index contributed by atoms with van der Waals surface area (Å²) >= 11 is 12.2. The lowest BCUT2D eigenvalue weighted by atomic mass is 10.2. The Morgan fingerprint density at radius 1 is 1.19 bits per heavy atom. The number of esters is 1.